The number of carbonyl (C=O) groups is 1. The Labute approximate surface area is 79.7 Å². The van der Waals surface area contributed by atoms with Crippen molar-refractivity contribution in [2.75, 3.05) is 0 Å². The average Bonchev–Trinajstić information content (AvgIpc) is 2.04. The van der Waals surface area contributed by atoms with Crippen molar-refractivity contribution < 1.29 is 9.90 Å². The maximum Gasteiger partial charge on any atom is 0.326 e. The van der Waals surface area contributed by atoms with Crippen LogP contribution in [0.2, 0.25) is 5.02 Å². The molecule has 12 heavy (non-hydrogen) atoms. The van der Waals surface area contributed by atoms with Crippen LogP contribution in [0.4, 0.5) is 0 Å². The number of benzene rings is 1. The molecule has 0 bridgehead atoms. The van der Waals surface area contributed by atoms with Gasteiger partial charge in [-0.1, -0.05) is 23.7 Å². The van der Waals surface area contributed by atoms with Crippen LogP contribution in [-0.4, -0.2) is 11.1 Å². The molecule has 0 aromatic heterocycles. The van der Waals surface area contributed by atoms with Crippen molar-refractivity contribution in [1.29, 1.82) is 0 Å². The van der Waals surface area contributed by atoms with E-state index in [0.717, 1.165) is 0 Å². The Morgan fingerprint density at radius 2 is 1.83 bits per heavy atom. The molecule has 0 amide bonds. The van der Waals surface area contributed by atoms with Gasteiger partial charge < -0.3 is 5.11 Å². The third-order valence-electron chi connectivity index (χ3n) is 1.38. The smallest absolute Gasteiger partial charge is 0.326 e. The number of aliphatic carboxylic acids is 1. The first-order valence-electron chi connectivity index (χ1n) is 3.23. The number of carboxylic acid groups (broad SMARTS) is 1. The number of carboxylic acids is 1. The summed E-state index contributed by atoms with van der Waals surface area (Å²) in [7, 11) is 0. The predicted octanol–water partition coefficient (Wildman–Crippen LogP) is 2.70. The van der Waals surface area contributed by atoms with E-state index in [-0.39, 0.29) is 0 Å². The van der Waals surface area contributed by atoms with Gasteiger partial charge in [0.15, 0.2) is 5.38 Å². The second-order valence-electron chi connectivity index (χ2n) is 2.25. The number of hydrogen-bond donors (Lipinski definition) is 1. The zero-order valence-corrected chi connectivity index (χ0v) is 7.51. The molecule has 4 heteroatoms. The Morgan fingerprint density at radius 1 is 1.33 bits per heavy atom. The lowest BCUT2D eigenvalue weighted by atomic mass is 10.1. The molecule has 1 atom stereocenters. The van der Waals surface area contributed by atoms with Gasteiger partial charge in [0.05, 0.1) is 0 Å². The van der Waals surface area contributed by atoms with Crippen LogP contribution in [0.5, 0.6) is 0 Å². The van der Waals surface area contributed by atoms with Gasteiger partial charge in [-0.05, 0) is 17.7 Å². The molecule has 0 heterocycles. The average molecular weight is 205 g/mol. The quantitative estimate of drug-likeness (QED) is 0.753. The molecule has 1 aromatic rings. The monoisotopic (exact) mass is 204 g/mol. The van der Waals surface area contributed by atoms with Gasteiger partial charge in [0.2, 0.25) is 0 Å². The lowest BCUT2D eigenvalue weighted by molar-refractivity contribution is -0.136. The Kier molecular flexibility index (Phi) is 2.95. The lowest BCUT2D eigenvalue weighted by Crippen LogP contribution is -2.04. The van der Waals surface area contributed by atoms with Crippen LogP contribution in [0.1, 0.15) is 10.9 Å². The van der Waals surface area contributed by atoms with Gasteiger partial charge in [0.25, 0.3) is 0 Å². The molecule has 0 aliphatic rings. The highest BCUT2D eigenvalue weighted by atomic mass is 35.5. The molecule has 0 fully saturated rings. The Hall–Kier alpha value is -0.730. The van der Waals surface area contributed by atoms with E-state index in [9.17, 15) is 4.79 Å². The molecule has 0 saturated heterocycles. The SMILES string of the molecule is O=C(O)C(Cl)c1ccc(Cl)cc1. The Bertz CT molecular complexity index is 282. The standard InChI is InChI=1S/C8H6Cl2O2/c9-6-3-1-5(2-4-6)7(10)8(11)12/h1-4,7H,(H,11,12). The molecule has 0 aliphatic heterocycles. The fraction of sp³-hybridized carbons (Fsp3) is 0.125. The molecule has 1 N–H and O–H groups in total. The van der Waals surface area contributed by atoms with E-state index < -0.39 is 11.3 Å². The van der Waals surface area contributed by atoms with Crippen molar-refractivity contribution in [3.63, 3.8) is 0 Å². The van der Waals surface area contributed by atoms with Crippen molar-refractivity contribution in [3.8, 4) is 0 Å². The van der Waals surface area contributed by atoms with E-state index in [1.165, 1.54) is 0 Å². The van der Waals surface area contributed by atoms with E-state index in [1.807, 2.05) is 0 Å². The predicted molar refractivity (Wildman–Crippen MR) is 47.7 cm³/mol. The maximum absolute atomic E-state index is 10.4. The van der Waals surface area contributed by atoms with E-state index in [0.29, 0.717) is 10.6 Å². The Morgan fingerprint density at radius 3 is 2.25 bits per heavy atom. The van der Waals surface area contributed by atoms with Crippen molar-refractivity contribution in [1.82, 2.24) is 0 Å². The fourth-order valence-corrected chi connectivity index (χ4v) is 1.05. The topological polar surface area (TPSA) is 37.3 Å². The molecule has 2 nitrogen and oxygen atoms in total. The fourth-order valence-electron chi connectivity index (χ4n) is 0.774. The number of rotatable bonds is 2. The van der Waals surface area contributed by atoms with Gasteiger partial charge in [0, 0.05) is 5.02 Å². The van der Waals surface area contributed by atoms with Crippen molar-refractivity contribution >= 4 is 29.2 Å². The molecule has 0 saturated carbocycles. The summed E-state index contributed by atoms with van der Waals surface area (Å²) in [5.74, 6) is -1.06. The number of hydrogen-bond acceptors (Lipinski definition) is 1. The summed E-state index contributed by atoms with van der Waals surface area (Å²) in [6, 6.07) is 6.40. The van der Waals surface area contributed by atoms with E-state index in [4.69, 9.17) is 28.3 Å². The third kappa shape index (κ3) is 2.13. The molecular weight excluding hydrogens is 199 g/mol. The molecular formula is C8H6Cl2O2. The number of halogens is 2. The van der Waals surface area contributed by atoms with Crippen molar-refractivity contribution in [2.45, 2.75) is 5.38 Å². The highest BCUT2D eigenvalue weighted by Crippen LogP contribution is 2.21. The van der Waals surface area contributed by atoms with Crippen molar-refractivity contribution in [3.05, 3.63) is 34.9 Å². The molecule has 0 radical (unpaired) electrons. The van der Waals surface area contributed by atoms with E-state index in [2.05, 4.69) is 0 Å². The largest absolute Gasteiger partial charge is 0.480 e. The first-order valence-corrected chi connectivity index (χ1v) is 4.05. The van der Waals surface area contributed by atoms with Gasteiger partial charge in [0.1, 0.15) is 0 Å². The highest BCUT2D eigenvalue weighted by Gasteiger charge is 2.15. The second kappa shape index (κ2) is 3.78. The van der Waals surface area contributed by atoms with Crippen LogP contribution >= 0.6 is 23.2 Å². The van der Waals surface area contributed by atoms with Crippen LogP contribution < -0.4 is 0 Å². The summed E-state index contributed by atoms with van der Waals surface area (Å²) < 4.78 is 0. The molecule has 1 rings (SSSR count). The van der Waals surface area contributed by atoms with E-state index in [1.54, 1.807) is 24.3 Å². The van der Waals surface area contributed by atoms with Gasteiger partial charge in [-0.3, -0.25) is 4.79 Å². The minimum atomic E-state index is -1.06. The van der Waals surface area contributed by atoms with Crippen LogP contribution in [0.15, 0.2) is 24.3 Å². The van der Waals surface area contributed by atoms with Crippen LogP contribution in [0, 0.1) is 0 Å². The summed E-state index contributed by atoms with van der Waals surface area (Å²) >= 11 is 11.2. The van der Waals surface area contributed by atoms with Crippen LogP contribution in [0.25, 0.3) is 0 Å². The van der Waals surface area contributed by atoms with Crippen LogP contribution in [0.3, 0.4) is 0 Å². The third-order valence-corrected chi connectivity index (χ3v) is 2.07. The van der Waals surface area contributed by atoms with Gasteiger partial charge >= 0.3 is 5.97 Å². The highest BCUT2D eigenvalue weighted by molar-refractivity contribution is 6.31. The summed E-state index contributed by atoms with van der Waals surface area (Å²) in [4.78, 5) is 10.4. The van der Waals surface area contributed by atoms with Gasteiger partial charge in [-0.25, -0.2) is 0 Å². The maximum atomic E-state index is 10.4. The minimum absolute atomic E-state index is 0.536. The Balaban J connectivity index is 2.89. The normalized spacial score (nSPS) is 12.5. The summed E-state index contributed by atoms with van der Waals surface area (Å²) in [5, 5.41) is 8.10. The van der Waals surface area contributed by atoms with Crippen LogP contribution in [-0.2, 0) is 4.79 Å². The molecule has 1 unspecified atom stereocenters. The first kappa shape index (κ1) is 9.36. The molecule has 0 aliphatic carbocycles. The molecule has 64 valence electrons. The van der Waals surface area contributed by atoms with E-state index >= 15 is 0 Å². The zero-order chi connectivity index (χ0) is 9.14. The molecule has 0 spiro atoms. The number of alkyl halides is 1. The van der Waals surface area contributed by atoms with Gasteiger partial charge in [-0.2, -0.15) is 0 Å². The lowest BCUT2D eigenvalue weighted by Gasteiger charge is -2.03. The summed E-state index contributed by atoms with van der Waals surface area (Å²) in [6.07, 6.45) is 0. The zero-order valence-electron chi connectivity index (χ0n) is 6.00. The first-order chi connectivity index (χ1) is 5.61. The summed E-state index contributed by atoms with van der Waals surface area (Å²) in [6.45, 7) is 0. The minimum Gasteiger partial charge on any atom is -0.480 e. The molecule has 1 aromatic carbocycles. The second-order valence-corrected chi connectivity index (χ2v) is 3.13. The van der Waals surface area contributed by atoms with Gasteiger partial charge in [-0.15, -0.1) is 11.6 Å². The summed E-state index contributed by atoms with van der Waals surface area (Å²) in [5.41, 5.74) is 0.536. The van der Waals surface area contributed by atoms with Crippen molar-refractivity contribution in [2.24, 2.45) is 0 Å².